The van der Waals surface area contributed by atoms with E-state index in [-0.39, 0.29) is 34.9 Å². The van der Waals surface area contributed by atoms with Gasteiger partial charge in [-0.1, -0.05) is 12.1 Å². The first-order valence-corrected chi connectivity index (χ1v) is 14.4. The lowest BCUT2D eigenvalue weighted by molar-refractivity contribution is -0.163. The van der Waals surface area contributed by atoms with Gasteiger partial charge in [-0.25, -0.2) is 9.07 Å². The number of hydrogen-bond donors (Lipinski definition) is 1. The molecule has 0 unspecified atom stereocenters. The van der Waals surface area contributed by atoms with Crippen LogP contribution in [0.1, 0.15) is 78.1 Å². The smallest absolute Gasteiger partial charge is 0.157 e. The van der Waals surface area contributed by atoms with Crippen molar-refractivity contribution in [1.82, 2.24) is 15.0 Å². The number of Topliss-reactive ketones (excluding diaryl/α,β-unsaturated/α-hetero) is 1. The molecule has 0 saturated heterocycles. The highest BCUT2D eigenvalue weighted by Gasteiger charge is 2.62. The lowest BCUT2D eigenvalue weighted by atomic mass is 9.42. The van der Waals surface area contributed by atoms with Crippen LogP contribution in [0.25, 0.3) is 11.0 Å². The second kappa shape index (κ2) is 9.11. The summed E-state index contributed by atoms with van der Waals surface area (Å²) in [5.41, 5.74) is 0.952. The molecular weight excluding hydrogens is 469 g/mol. The standard InChI is InChI=1S/C30H42FN3O3/c1-28(36)12-13-30(14-15-37-3)19(17-28)4-6-21-22-7-8-24(29(22,2)11-10-23(21)30)27(35)18-34-26-9-5-20(31)16-25(26)32-33-34/h5,9,16,19,21-24,36H,4,6-8,10-15,17-18H2,1-3H3/t19-,21-,22-,23-,24+,28+,29-,30+/m0/s1. The highest BCUT2D eigenvalue weighted by molar-refractivity contribution is 5.84. The van der Waals surface area contributed by atoms with E-state index in [1.54, 1.807) is 10.7 Å². The van der Waals surface area contributed by atoms with Crippen molar-refractivity contribution >= 4 is 16.8 Å². The quantitative estimate of drug-likeness (QED) is 0.549. The van der Waals surface area contributed by atoms with E-state index in [1.807, 2.05) is 14.0 Å². The zero-order chi connectivity index (χ0) is 26.0. The van der Waals surface area contributed by atoms with E-state index in [2.05, 4.69) is 17.2 Å². The van der Waals surface area contributed by atoms with Crippen molar-refractivity contribution in [2.24, 2.45) is 40.4 Å². The summed E-state index contributed by atoms with van der Waals surface area (Å²) in [6.45, 7) is 5.41. The van der Waals surface area contributed by atoms with Gasteiger partial charge in [-0.05, 0) is 118 Å². The summed E-state index contributed by atoms with van der Waals surface area (Å²) >= 11 is 0. The molecule has 1 aromatic heterocycles. The third-order valence-corrected chi connectivity index (χ3v) is 11.6. The molecule has 0 radical (unpaired) electrons. The van der Waals surface area contributed by atoms with Gasteiger partial charge in [0.15, 0.2) is 5.78 Å². The molecule has 1 heterocycles. The van der Waals surface area contributed by atoms with Gasteiger partial charge in [-0.2, -0.15) is 0 Å². The molecule has 2 aromatic rings. The van der Waals surface area contributed by atoms with Gasteiger partial charge in [0.1, 0.15) is 17.9 Å². The van der Waals surface area contributed by atoms with Crippen LogP contribution in [0.3, 0.4) is 0 Å². The van der Waals surface area contributed by atoms with Crippen LogP contribution in [-0.2, 0) is 16.1 Å². The molecule has 7 heteroatoms. The predicted octanol–water partition coefficient (Wildman–Crippen LogP) is 5.57. The van der Waals surface area contributed by atoms with Crippen LogP contribution >= 0.6 is 0 Å². The molecule has 4 aliphatic carbocycles. The maximum atomic E-state index is 13.7. The Morgan fingerprint density at radius 2 is 1.97 bits per heavy atom. The number of nitrogens with zero attached hydrogens (tertiary/aromatic N) is 3. The van der Waals surface area contributed by atoms with Crippen LogP contribution in [0.2, 0.25) is 0 Å². The molecular formula is C30H42FN3O3. The molecule has 0 spiro atoms. The number of aromatic nitrogens is 3. The van der Waals surface area contributed by atoms with Crippen LogP contribution in [0, 0.1) is 46.2 Å². The fourth-order valence-electron chi connectivity index (χ4n) is 9.87. The SMILES string of the molecule is COCC[C@]12CC[C@@](C)(O)C[C@@H]1CC[C@H]1[C@@H]3CC[C@H](C(=O)Cn4nnc5cc(F)ccc54)[C@@]3(C)CC[C@@H]12. The van der Waals surface area contributed by atoms with Crippen molar-refractivity contribution < 1.29 is 19.0 Å². The van der Waals surface area contributed by atoms with Gasteiger partial charge in [-0.15, -0.1) is 5.10 Å². The summed E-state index contributed by atoms with van der Waals surface area (Å²) in [6.07, 6.45) is 10.7. The minimum absolute atomic E-state index is 0.0240. The molecule has 4 fully saturated rings. The Bertz CT molecular complexity index is 1180. The van der Waals surface area contributed by atoms with E-state index in [1.165, 1.54) is 31.4 Å². The number of benzene rings is 1. The molecule has 0 aliphatic heterocycles. The molecule has 4 saturated carbocycles. The lowest BCUT2D eigenvalue weighted by Gasteiger charge is -2.63. The normalized spacial score (nSPS) is 41.3. The molecule has 1 aromatic carbocycles. The van der Waals surface area contributed by atoms with Gasteiger partial charge < -0.3 is 9.84 Å². The van der Waals surface area contributed by atoms with E-state index in [9.17, 15) is 14.3 Å². The van der Waals surface area contributed by atoms with Crippen molar-refractivity contribution in [3.05, 3.63) is 24.0 Å². The van der Waals surface area contributed by atoms with E-state index in [4.69, 9.17) is 4.74 Å². The van der Waals surface area contributed by atoms with Crippen LogP contribution in [-0.4, -0.2) is 45.2 Å². The van der Waals surface area contributed by atoms with Gasteiger partial charge in [0.2, 0.25) is 0 Å². The zero-order valence-corrected chi connectivity index (χ0v) is 22.6. The summed E-state index contributed by atoms with van der Waals surface area (Å²) in [6, 6.07) is 4.45. The largest absolute Gasteiger partial charge is 0.390 e. The minimum Gasteiger partial charge on any atom is -0.390 e. The Morgan fingerprint density at radius 3 is 2.78 bits per heavy atom. The molecule has 4 aliphatic rings. The van der Waals surface area contributed by atoms with Gasteiger partial charge in [-0.3, -0.25) is 4.79 Å². The van der Waals surface area contributed by atoms with Crippen LogP contribution < -0.4 is 0 Å². The number of ketones is 1. The van der Waals surface area contributed by atoms with E-state index in [0.717, 1.165) is 51.6 Å². The fraction of sp³-hybridized carbons (Fsp3) is 0.767. The van der Waals surface area contributed by atoms with Crippen LogP contribution in [0.5, 0.6) is 0 Å². The second-order valence-electron chi connectivity index (χ2n) is 13.3. The van der Waals surface area contributed by atoms with Gasteiger partial charge in [0.05, 0.1) is 11.1 Å². The average molecular weight is 512 g/mol. The number of methoxy groups -OCH3 is 1. The maximum absolute atomic E-state index is 13.7. The van der Waals surface area contributed by atoms with Gasteiger partial charge in [0.25, 0.3) is 0 Å². The monoisotopic (exact) mass is 511 g/mol. The molecule has 1 N–H and O–H groups in total. The number of halogens is 1. The Hall–Kier alpha value is -1.86. The third kappa shape index (κ3) is 4.07. The average Bonchev–Trinajstić information content (AvgIpc) is 3.42. The van der Waals surface area contributed by atoms with E-state index >= 15 is 0 Å². The summed E-state index contributed by atoms with van der Waals surface area (Å²) in [5, 5.41) is 19.2. The van der Waals surface area contributed by atoms with Crippen LogP contribution in [0.4, 0.5) is 4.39 Å². The highest BCUT2D eigenvalue weighted by Crippen LogP contribution is 2.69. The summed E-state index contributed by atoms with van der Waals surface area (Å²) < 4.78 is 20.9. The van der Waals surface area contributed by atoms with Gasteiger partial charge >= 0.3 is 0 Å². The lowest BCUT2D eigenvalue weighted by Crippen LogP contribution is -2.57. The number of carbonyl (C=O) groups excluding carboxylic acids is 1. The summed E-state index contributed by atoms with van der Waals surface area (Å²) in [5.74, 6) is 2.41. The first-order chi connectivity index (χ1) is 17.7. The Labute approximate surface area is 219 Å². The summed E-state index contributed by atoms with van der Waals surface area (Å²) in [7, 11) is 1.81. The predicted molar refractivity (Wildman–Crippen MR) is 139 cm³/mol. The first-order valence-electron chi connectivity index (χ1n) is 14.4. The van der Waals surface area contributed by atoms with E-state index < -0.39 is 5.60 Å². The van der Waals surface area contributed by atoms with Crippen molar-refractivity contribution in [2.75, 3.05) is 13.7 Å². The Morgan fingerprint density at radius 1 is 1.14 bits per heavy atom. The maximum Gasteiger partial charge on any atom is 0.157 e. The van der Waals surface area contributed by atoms with Crippen molar-refractivity contribution in [1.29, 1.82) is 0 Å². The van der Waals surface area contributed by atoms with Gasteiger partial charge in [0, 0.05) is 25.7 Å². The fourth-order valence-corrected chi connectivity index (χ4v) is 9.87. The molecule has 202 valence electrons. The topological polar surface area (TPSA) is 77.2 Å². The Kier molecular flexibility index (Phi) is 6.26. The van der Waals surface area contributed by atoms with Crippen molar-refractivity contribution in [3.63, 3.8) is 0 Å². The molecule has 0 bridgehead atoms. The summed E-state index contributed by atoms with van der Waals surface area (Å²) in [4.78, 5) is 13.7. The molecule has 0 amide bonds. The number of hydrogen-bond acceptors (Lipinski definition) is 5. The Balaban J connectivity index is 1.23. The zero-order valence-electron chi connectivity index (χ0n) is 22.6. The second-order valence-corrected chi connectivity index (χ2v) is 13.3. The highest BCUT2D eigenvalue weighted by atomic mass is 19.1. The third-order valence-electron chi connectivity index (χ3n) is 11.6. The number of carbonyl (C=O) groups is 1. The molecule has 8 atom stereocenters. The number of rotatable bonds is 6. The van der Waals surface area contributed by atoms with E-state index in [0.29, 0.717) is 34.7 Å². The van der Waals surface area contributed by atoms with Crippen molar-refractivity contribution in [2.45, 2.75) is 90.2 Å². The number of aliphatic hydroxyl groups is 1. The molecule has 6 rings (SSSR count). The minimum atomic E-state index is -0.542. The number of ether oxygens (including phenoxy) is 1. The molecule has 37 heavy (non-hydrogen) atoms. The molecule has 6 nitrogen and oxygen atoms in total. The first kappa shape index (κ1) is 25.4. The number of fused-ring (bicyclic) bond motifs is 6. The van der Waals surface area contributed by atoms with Crippen molar-refractivity contribution in [3.8, 4) is 0 Å². The van der Waals surface area contributed by atoms with Crippen LogP contribution in [0.15, 0.2) is 18.2 Å².